The first kappa shape index (κ1) is 18.2. The van der Waals surface area contributed by atoms with Crippen LogP contribution in [0.1, 0.15) is 73.9 Å². The molecule has 0 saturated carbocycles. The normalized spacial score (nSPS) is 12.4. The summed E-state index contributed by atoms with van der Waals surface area (Å²) in [6, 6.07) is 6.84. The van der Waals surface area contributed by atoms with Crippen molar-refractivity contribution in [2.45, 2.75) is 58.8 Å². The Hall–Kier alpha value is -2.10. The number of hydrogen-bond acceptors (Lipinski definition) is 2. The van der Waals surface area contributed by atoms with Gasteiger partial charge in [-0.15, -0.1) is 0 Å². The summed E-state index contributed by atoms with van der Waals surface area (Å²) in [6.45, 7) is 4.30. The number of fused-ring (bicyclic) bond motifs is 1. The molecule has 0 aliphatic heterocycles. The maximum absolute atomic E-state index is 13.0. The van der Waals surface area contributed by atoms with Gasteiger partial charge in [0.2, 0.25) is 5.91 Å². The molecule has 0 aliphatic rings. The number of carbonyl (C=O) groups excluding carboxylic acids is 1. The Kier molecular flexibility index (Phi) is 6.59. The van der Waals surface area contributed by atoms with E-state index in [0.717, 1.165) is 44.9 Å². The average Bonchev–Trinajstić information content (AvgIpc) is 3.01. The van der Waals surface area contributed by atoms with E-state index in [0.29, 0.717) is 10.9 Å². The van der Waals surface area contributed by atoms with Crippen molar-refractivity contribution in [3.8, 4) is 0 Å². The Morgan fingerprint density at radius 2 is 1.75 bits per heavy atom. The van der Waals surface area contributed by atoms with Crippen molar-refractivity contribution in [2.75, 3.05) is 0 Å². The number of carbonyl (C=O) groups is 2. The zero-order valence-corrected chi connectivity index (χ0v) is 14.6. The van der Waals surface area contributed by atoms with E-state index in [9.17, 15) is 14.7 Å². The molecule has 1 aromatic heterocycles. The average molecular weight is 329 g/mol. The van der Waals surface area contributed by atoms with E-state index in [1.807, 2.05) is 6.07 Å². The molecule has 1 N–H and O–H groups in total. The minimum atomic E-state index is -0.962. The predicted octanol–water partition coefficient (Wildman–Crippen LogP) is 5.37. The molecule has 0 saturated heterocycles. The van der Waals surface area contributed by atoms with Crippen LogP contribution in [0.5, 0.6) is 0 Å². The first-order valence-corrected chi connectivity index (χ1v) is 8.97. The molecule has 0 amide bonds. The van der Waals surface area contributed by atoms with Gasteiger partial charge in [0.15, 0.2) is 0 Å². The molecule has 0 bridgehead atoms. The van der Waals surface area contributed by atoms with Gasteiger partial charge in [0, 0.05) is 17.5 Å². The van der Waals surface area contributed by atoms with Gasteiger partial charge in [0.05, 0.1) is 11.1 Å². The first-order chi connectivity index (χ1) is 11.6. The molecule has 0 fully saturated rings. The molecule has 1 atom stereocenters. The van der Waals surface area contributed by atoms with Gasteiger partial charge in [-0.05, 0) is 31.0 Å². The summed E-state index contributed by atoms with van der Waals surface area (Å²) in [5.41, 5.74) is 0.937. The number of aromatic carboxylic acids is 1. The zero-order chi connectivity index (χ0) is 17.5. The summed E-state index contributed by atoms with van der Waals surface area (Å²) < 4.78 is 1.65. The van der Waals surface area contributed by atoms with Crippen molar-refractivity contribution in [3.05, 3.63) is 36.0 Å². The number of carboxylic acid groups (broad SMARTS) is 1. The van der Waals surface area contributed by atoms with Gasteiger partial charge in [-0.1, -0.05) is 52.0 Å². The largest absolute Gasteiger partial charge is 0.478 e. The summed E-state index contributed by atoms with van der Waals surface area (Å²) in [6.07, 6.45) is 9.00. The van der Waals surface area contributed by atoms with E-state index < -0.39 is 5.97 Å². The Labute approximate surface area is 143 Å². The van der Waals surface area contributed by atoms with Crippen LogP contribution >= 0.6 is 0 Å². The summed E-state index contributed by atoms with van der Waals surface area (Å²) >= 11 is 0. The van der Waals surface area contributed by atoms with Gasteiger partial charge < -0.3 is 5.11 Å². The maximum Gasteiger partial charge on any atom is 0.336 e. The predicted molar refractivity (Wildman–Crippen MR) is 96.7 cm³/mol. The van der Waals surface area contributed by atoms with Gasteiger partial charge in [-0.25, -0.2) is 4.79 Å². The van der Waals surface area contributed by atoms with Crippen molar-refractivity contribution in [2.24, 2.45) is 5.92 Å². The van der Waals surface area contributed by atoms with E-state index in [1.54, 1.807) is 29.0 Å². The SMILES string of the molecule is CCCCCC(CCCC)C(=O)n1ccc2c(C(=O)O)cccc21. The summed E-state index contributed by atoms with van der Waals surface area (Å²) in [4.78, 5) is 24.4. The lowest BCUT2D eigenvalue weighted by atomic mass is 9.94. The lowest BCUT2D eigenvalue weighted by Gasteiger charge is -2.16. The van der Waals surface area contributed by atoms with Crippen molar-refractivity contribution >= 4 is 22.8 Å². The second-order valence-electron chi connectivity index (χ2n) is 6.40. The molecule has 4 nitrogen and oxygen atoms in total. The number of aromatic nitrogens is 1. The molecule has 2 aromatic rings. The number of carboxylic acids is 1. The van der Waals surface area contributed by atoms with Crippen LogP contribution in [0, 0.1) is 5.92 Å². The molecule has 1 aromatic carbocycles. The maximum atomic E-state index is 13.0. The number of rotatable bonds is 9. The third-order valence-corrected chi connectivity index (χ3v) is 4.61. The number of benzene rings is 1. The van der Waals surface area contributed by atoms with Crippen LogP contribution < -0.4 is 0 Å². The Morgan fingerprint density at radius 1 is 1.04 bits per heavy atom. The highest BCUT2D eigenvalue weighted by Gasteiger charge is 2.21. The molecule has 1 heterocycles. The summed E-state index contributed by atoms with van der Waals surface area (Å²) in [5, 5.41) is 9.93. The van der Waals surface area contributed by atoms with E-state index in [1.165, 1.54) is 0 Å². The fourth-order valence-electron chi connectivity index (χ4n) is 3.23. The van der Waals surface area contributed by atoms with Crippen LogP contribution in [0.2, 0.25) is 0 Å². The van der Waals surface area contributed by atoms with Crippen LogP contribution in [0.15, 0.2) is 30.5 Å². The lowest BCUT2D eigenvalue weighted by molar-refractivity contribution is 0.0698. The fraction of sp³-hybridized carbons (Fsp3) is 0.500. The fourth-order valence-corrected chi connectivity index (χ4v) is 3.23. The molecule has 4 heteroatoms. The first-order valence-electron chi connectivity index (χ1n) is 8.97. The van der Waals surface area contributed by atoms with Crippen molar-refractivity contribution in [1.29, 1.82) is 0 Å². The molecule has 0 spiro atoms. The highest BCUT2D eigenvalue weighted by atomic mass is 16.4. The Morgan fingerprint density at radius 3 is 2.42 bits per heavy atom. The van der Waals surface area contributed by atoms with Crippen molar-refractivity contribution < 1.29 is 14.7 Å². The standard InChI is InChI=1S/C20H27NO3/c1-3-5-7-10-15(9-6-4-2)19(22)21-14-13-16-17(20(23)24)11-8-12-18(16)21/h8,11-15H,3-7,9-10H2,1-2H3,(H,23,24). The van der Waals surface area contributed by atoms with Crippen molar-refractivity contribution in [3.63, 3.8) is 0 Å². The quantitative estimate of drug-likeness (QED) is 0.629. The van der Waals surface area contributed by atoms with Gasteiger partial charge in [0.25, 0.3) is 0 Å². The molecule has 1 unspecified atom stereocenters. The topological polar surface area (TPSA) is 59.3 Å². The van der Waals surface area contributed by atoms with E-state index in [-0.39, 0.29) is 17.4 Å². The van der Waals surface area contributed by atoms with Gasteiger partial charge in [-0.2, -0.15) is 0 Å². The molecule has 2 rings (SSSR count). The smallest absolute Gasteiger partial charge is 0.336 e. The molecular weight excluding hydrogens is 302 g/mol. The highest BCUT2D eigenvalue weighted by Crippen LogP contribution is 2.25. The zero-order valence-electron chi connectivity index (χ0n) is 14.6. The molecular formula is C20H27NO3. The Bertz CT molecular complexity index is 702. The monoisotopic (exact) mass is 329 g/mol. The van der Waals surface area contributed by atoms with Crippen LogP contribution in [-0.4, -0.2) is 21.6 Å². The summed E-state index contributed by atoms with van der Waals surface area (Å²) in [5.74, 6) is -0.853. The third kappa shape index (κ3) is 4.05. The van der Waals surface area contributed by atoms with Crippen LogP contribution in [-0.2, 0) is 0 Å². The van der Waals surface area contributed by atoms with Gasteiger partial charge >= 0.3 is 5.97 Å². The van der Waals surface area contributed by atoms with Crippen LogP contribution in [0.25, 0.3) is 10.9 Å². The molecule has 130 valence electrons. The van der Waals surface area contributed by atoms with E-state index in [2.05, 4.69) is 13.8 Å². The number of nitrogens with zero attached hydrogens (tertiary/aromatic N) is 1. The van der Waals surface area contributed by atoms with Crippen LogP contribution in [0.4, 0.5) is 0 Å². The van der Waals surface area contributed by atoms with E-state index >= 15 is 0 Å². The van der Waals surface area contributed by atoms with E-state index in [4.69, 9.17) is 0 Å². The minimum Gasteiger partial charge on any atom is -0.478 e. The van der Waals surface area contributed by atoms with Crippen molar-refractivity contribution in [1.82, 2.24) is 4.57 Å². The second-order valence-corrected chi connectivity index (χ2v) is 6.40. The van der Waals surface area contributed by atoms with Crippen LogP contribution in [0.3, 0.4) is 0 Å². The minimum absolute atomic E-state index is 0.0144. The van der Waals surface area contributed by atoms with Gasteiger partial charge in [-0.3, -0.25) is 9.36 Å². The number of hydrogen-bond donors (Lipinski definition) is 1. The Balaban J connectivity index is 2.30. The molecule has 24 heavy (non-hydrogen) atoms. The third-order valence-electron chi connectivity index (χ3n) is 4.61. The second kappa shape index (κ2) is 8.67. The summed E-state index contributed by atoms with van der Waals surface area (Å²) in [7, 11) is 0. The van der Waals surface area contributed by atoms with Gasteiger partial charge in [0.1, 0.15) is 0 Å². The lowest BCUT2D eigenvalue weighted by Crippen LogP contribution is -2.21. The molecule has 0 radical (unpaired) electrons. The molecule has 0 aliphatic carbocycles. The highest BCUT2D eigenvalue weighted by molar-refractivity contribution is 6.05. The number of unbranched alkanes of at least 4 members (excludes halogenated alkanes) is 3.